The SMILES string of the molecule is Cn1nc(C(=O)N2CCC[C@@H]2C(=O)NC2CCCCC2)cc1-c1ccc(F)cc1. The Morgan fingerprint density at radius 1 is 1.07 bits per heavy atom. The van der Waals surface area contributed by atoms with Gasteiger partial charge < -0.3 is 10.2 Å². The highest BCUT2D eigenvalue weighted by molar-refractivity contribution is 5.97. The number of rotatable bonds is 4. The summed E-state index contributed by atoms with van der Waals surface area (Å²) < 4.78 is 14.8. The summed E-state index contributed by atoms with van der Waals surface area (Å²) in [6.45, 7) is 0.560. The third-order valence-electron chi connectivity index (χ3n) is 6.01. The van der Waals surface area contributed by atoms with Crippen LogP contribution in [0.1, 0.15) is 55.4 Å². The van der Waals surface area contributed by atoms with Crippen molar-refractivity contribution in [3.63, 3.8) is 0 Å². The predicted octanol–water partition coefficient (Wildman–Crippen LogP) is 3.28. The second-order valence-electron chi connectivity index (χ2n) is 8.05. The van der Waals surface area contributed by atoms with Gasteiger partial charge in [0.2, 0.25) is 5.91 Å². The molecule has 2 amide bonds. The van der Waals surface area contributed by atoms with Crippen molar-refractivity contribution in [2.75, 3.05) is 6.54 Å². The van der Waals surface area contributed by atoms with E-state index in [0.29, 0.717) is 18.7 Å². The second kappa shape index (κ2) is 8.35. The standard InChI is InChI=1S/C22H27FN4O2/c1-26-20(15-9-11-16(23)12-10-15)14-18(25-26)22(29)27-13-5-8-19(27)21(28)24-17-6-3-2-4-7-17/h9-12,14,17,19H,2-8,13H2,1H3,(H,24,28)/t19-/m1/s1. The molecule has 2 heterocycles. The molecule has 0 spiro atoms. The van der Waals surface area contributed by atoms with Gasteiger partial charge in [0, 0.05) is 19.6 Å². The van der Waals surface area contributed by atoms with E-state index in [4.69, 9.17) is 0 Å². The molecule has 29 heavy (non-hydrogen) atoms. The molecule has 6 nitrogen and oxygen atoms in total. The topological polar surface area (TPSA) is 67.2 Å². The zero-order chi connectivity index (χ0) is 20.4. The van der Waals surface area contributed by atoms with Gasteiger partial charge in [-0.2, -0.15) is 5.10 Å². The van der Waals surface area contributed by atoms with Gasteiger partial charge in [0.25, 0.3) is 5.91 Å². The molecule has 1 aromatic heterocycles. The molecular weight excluding hydrogens is 371 g/mol. The third-order valence-corrected chi connectivity index (χ3v) is 6.01. The molecule has 0 radical (unpaired) electrons. The molecule has 7 heteroatoms. The summed E-state index contributed by atoms with van der Waals surface area (Å²) >= 11 is 0. The van der Waals surface area contributed by atoms with Crippen molar-refractivity contribution in [3.05, 3.63) is 41.8 Å². The van der Waals surface area contributed by atoms with E-state index < -0.39 is 6.04 Å². The van der Waals surface area contributed by atoms with Gasteiger partial charge in [-0.25, -0.2) is 4.39 Å². The van der Waals surface area contributed by atoms with Gasteiger partial charge in [-0.3, -0.25) is 14.3 Å². The first kappa shape index (κ1) is 19.6. The normalized spacial score (nSPS) is 20.1. The van der Waals surface area contributed by atoms with Gasteiger partial charge in [-0.1, -0.05) is 19.3 Å². The Kier molecular flexibility index (Phi) is 5.65. The minimum atomic E-state index is -0.430. The Labute approximate surface area is 170 Å². The molecule has 2 aliphatic rings. The Morgan fingerprint density at radius 3 is 2.52 bits per heavy atom. The number of likely N-dealkylation sites (tertiary alicyclic amines) is 1. The highest BCUT2D eigenvalue weighted by atomic mass is 19.1. The molecule has 1 saturated carbocycles. The lowest BCUT2D eigenvalue weighted by molar-refractivity contribution is -0.125. The lowest BCUT2D eigenvalue weighted by atomic mass is 9.95. The molecule has 1 aromatic carbocycles. The molecule has 0 unspecified atom stereocenters. The van der Waals surface area contributed by atoms with E-state index >= 15 is 0 Å². The molecule has 1 aliphatic carbocycles. The maximum absolute atomic E-state index is 13.2. The highest BCUT2D eigenvalue weighted by Gasteiger charge is 2.36. The van der Waals surface area contributed by atoms with Crippen LogP contribution in [0.15, 0.2) is 30.3 Å². The number of carbonyl (C=O) groups is 2. The number of halogens is 1. The summed E-state index contributed by atoms with van der Waals surface area (Å²) in [6.07, 6.45) is 7.07. The fraction of sp³-hybridized carbons (Fsp3) is 0.500. The van der Waals surface area contributed by atoms with E-state index in [1.807, 2.05) is 0 Å². The number of benzene rings is 1. The molecular formula is C22H27FN4O2. The number of aromatic nitrogens is 2. The lowest BCUT2D eigenvalue weighted by Gasteiger charge is -2.28. The van der Waals surface area contributed by atoms with Gasteiger partial charge in [0.15, 0.2) is 5.69 Å². The molecule has 4 rings (SSSR count). The first-order valence-electron chi connectivity index (χ1n) is 10.4. The van der Waals surface area contributed by atoms with Crippen LogP contribution in [-0.2, 0) is 11.8 Å². The van der Waals surface area contributed by atoms with Crippen molar-refractivity contribution in [1.29, 1.82) is 0 Å². The molecule has 1 N–H and O–H groups in total. The Morgan fingerprint density at radius 2 is 1.79 bits per heavy atom. The maximum atomic E-state index is 13.2. The van der Waals surface area contributed by atoms with Crippen LogP contribution in [0, 0.1) is 5.82 Å². The van der Waals surface area contributed by atoms with E-state index in [2.05, 4.69) is 10.4 Å². The van der Waals surface area contributed by atoms with Crippen molar-refractivity contribution in [3.8, 4) is 11.3 Å². The molecule has 1 aliphatic heterocycles. The summed E-state index contributed by atoms with van der Waals surface area (Å²) in [4.78, 5) is 27.6. The Bertz CT molecular complexity index is 887. The average Bonchev–Trinajstić information content (AvgIpc) is 3.36. The Hall–Kier alpha value is -2.70. The van der Waals surface area contributed by atoms with Gasteiger partial charge in [-0.05, 0) is 61.6 Å². The number of nitrogens with one attached hydrogen (secondary N) is 1. The van der Waals surface area contributed by atoms with Crippen molar-refractivity contribution < 1.29 is 14.0 Å². The van der Waals surface area contributed by atoms with Gasteiger partial charge in [0.05, 0.1) is 5.69 Å². The van der Waals surface area contributed by atoms with E-state index in [0.717, 1.165) is 43.4 Å². The van der Waals surface area contributed by atoms with Crippen LogP contribution < -0.4 is 5.32 Å². The molecule has 0 bridgehead atoms. The summed E-state index contributed by atoms with van der Waals surface area (Å²) in [7, 11) is 1.76. The molecule has 154 valence electrons. The number of amides is 2. The average molecular weight is 398 g/mol. The van der Waals surface area contributed by atoms with Crippen molar-refractivity contribution >= 4 is 11.8 Å². The first-order valence-corrected chi connectivity index (χ1v) is 10.4. The lowest BCUT2D eigenvalue weighted by Crippen LogP contribution is -2.49. The molecule has 2 aromatic rings. The summed E-state index contributed by atoms with van der Waals surface area (Å²) in [6, 6.07) is 7.61. The van der Waals surface area contributed by atoms with Crippen LogP contribution >= 0.6 is 0 Å². The van der Waals surface area contributed by atoms with Gasteiger partial charge >= 0.3 is 0 Å². The van der Waals surface area contributed by atoms with Crippen LogP contribution in [0.4, 0.5) is 4.39 Å². The van der Waals surface area contributed by atoms with Crippen LogP contribution in [0.25, 0.3) is 11.3 Å². The van der Waals surface area contributed by atoms with E-state index in [1.165, 1.54) is 18.6 Å². The number of aryl methyl sites for hydroxylation is 1. The maximum Gasteiger partial charge on any atom is 0.275 e. The van der Waals surface area contributed by atoms with Crippen LogP contribution in [0.3, 0.4) is 0 Å². The fourth-order valence-electron chi connectivity index (χ4n) is 4.44. The smallest absolute Gasteiger partial charge is 0.275 e. The van der Waals surface area contributed by atoms with E-state index in [-0.39, 0.29) is 23.7 Å². The molecule has 2 fully saturated rings. The van der Waals surface area contributed by atoms with Gasteiger partial charge in [-0.15, -0.1) is 0 Å². The summed E-state index contributed by atoms with van der Waals surface area (Å²) in [5.41, 5.74) is 1.83. The summed E-state index contributed by atoms with van der Waals surface area (Å²) in [5, 5.41) is 7.51. The van der Waals surface area contributed by atoms with E-state index in [9.17, 15) is 14.0 Å². The number of nitrogens with zero attached hydrogens (tertiary/aromatic N) is 3. The quantitative estimate of drug-likeness (QED) is 0.860. The van der Waals surface area contributed by atoms with Crippen molar-refractivity contribution in [2.45, 2.75) is 57.0 Å². The minimum Gasteiger partial charge on any atom is -0.352 e. The number of carbonyl (C=O) groups excluding carboxylic acids is 2. The first-order chi connectivity index (χ1) is 14.0. The monoisotopic (exact) mass is 398 g/mol. The zero-order valence-corrected chi connectivity index (χ0v) is 16.7. The summed E-state index contributed by atoms with van der Waals surface area (Å²) in [5.74, 6) is -0.580. The minimum absolute atomic E-state index is 0.0440. The largest absolute Gasteiger partial charge is 0.352 e. The van der Waals surface area contributed by atoms with Crippen LogP contribution in [-0.4, -0.2) is 45.1 Å². The highest BCUT2D eigenvalue weighted by Crippen LogP contribution is 2.25. The number of hydrogen-bond donors (Lipinski definition) is 1. The van der Waals surface area contributed by atoms with Crippen LogP contribution in [0.2, 0.25) is 0 Å². The second-order valence-corrected chi connectivity index (χ2v) is 8.05. The van der Waals surface area contributed by atoms with E-state index in [1.54, 1.807) is 34.8 Å². The number of hydrogen-bond acceptors (Lipinski definition) is 3. The van der Waals surface area contributed by atoms with Gasteiger partial charge in [0.1, 0.15) is 11.9 Å². The van der Waals surface area contributed by atoms with Crippen molar-refractivity contribution in [2.24, 2.45) is 7.05 Å². The predicted molar refractivity (Wildman–Crippen MR) is 108 cm³/mol. The molecule has 1 saturated heterocycles. The zero-order valence-electron chi connectivity index (χ0n) is 16.7. The van der Waals surface area contributed by atoms with Crippen molar-refractivity contribution in [1.82, 2.24) is 20.0 Å². The fourth-order valence-corrected chi connectivity index (χ4v) is 4.44. The molecule has 1 atom stereocenters. The Balaban J connectivity index is 1.49. The third kappa shape index (κ3) is 4.18. The van der Waals surface area contributed by atoms with Crippen LogP contribution in [0.5, 0.6) is 0 Å².